The fourth-order valence-electron chi connectivity index (χ4n) is 4.47. The van der Waals surface area contributed by atoms with Crippen molar-refractivity contribution in [2.75, 3.05) is 32.4 Å². The molecule has 2 aromatic carbocycles. The first-order valence-electron chi connectivity index (χ1n) is 10.5. The first-order valence-corrected chi connectivity index (χ1v) is 12.4. The second kappa shape index (κ2) is 8.47. The van der Waals surface area contributed by atoms with Gasteiger partial charge in [-0.15, -0.1) is 0 Å². The molecule has 2 aliphatic rings. The molecule has 0 aliphatic carbocycles. The maximum atomic E-state index is 14.9. The van der Waals surface area contributed by atoms with Crippen molar-refractivity contribution in [3.8, 4) is 11.1 Å². The number of hydrogen-bond donors (Lipinski definition) is 0. The van der Waals surface area contributed by atoms with Crippen LogP contribution in [0.4, 0.5) is 4.39 Å². The van der Waals surface area contributed by atoms with Crippen LogP contribution in [0.1, 0.15) is 36.0 Å². The molecule has 0 aromatic heterocycles. The van der Waals surface area contributed by atoms with E-state index in [2.05, 4.69) is 4.90 Å². The van der Waals surface area contributed by atoms with Crippen LogP contribution < -0.4 is 0 Å². The second-order valence-electron chi connectivity index (χ2n) is 8.29. The highest BCUT2D eigenvalue weighted by Gasteiger charge is 2.32. The summed E-state index contributed by atoms with van der Waals surface area (Å²) in [7, 11) is -3.28. The van der Waals surface area contributed by atoms with Crippen molar-refractivity contribution in [3.05, 3.63) is 53.8 Å². The zero-order valence-electron chi connectivity index (χ0n) is 17.2. The Morgan fingerprint density at radius 3 is 2.30 bits per heavy atom. The third kappa shape index (κ3) is 4.42. The molecule has 0 unspecified atom stereocenters. The van der Waals surface area contributed by atoms with Crippen LogP contribution in [0.2, 0.25) is 0 Å². The highest BCUT2D eigenvalue weighted by molar-refractivity contribution is 7.90. The number of sulfone groups is 1. The summed E-state index contributed by atoms with van der Waals surface area (Å²) in [5, 5.41) is 0. The summed E-state index contributed by atoms with van der Waals surface area (Å²) in [6, 6.07) is 11.1. The van der Waals surface area contributed by atoms with Crippen molar-refractivity contribution in [2.45, 2.75) is 36.6 Å². The number of hydrogen-bond acceptors (Lipinski definition) is 4. The molecule has 7 heteroatoms. The van der Waals surface area contributed by atoms with Crippen LogP contribution in [0.15, 0.2) is 47.4 Å². The summed E-state index contributed by atoms with van der Waals surface area (Å²) in [6.07, 6.45) is 5.49. The molecule has 5 nitrogen and oxygen atoms in total. The van der Waals surface area contributed by atoms with Crippen molar-refractivity contribution >= 4 is 15.7 Å². The van der Waals surface area contributed by atoms with Crippen LogP contribution >= 0.6 is 0 Å². The molecule has 1 amide bonds. The Hall–Kier alpha value is -2.25. The largest absolute Gasteiger partial charge is 0.334 e. The number of amides is 1. The van der Waals surface area contributed by atoms with E-state index in [9.17, 15) is 17.6 Å². The second-order valence-corrected chi connectivity index (χ2v) is 10.3. The average molecular weight is 431 g/mol. The summed E-state index contributed by atoms with van der Waals surface area (Å²) in [5.41, 5.74) is 1.41. The molecule has 0 radical (unpaired) electrons. The van der Waals surface area contributed by atoms with Crippen LogP contribution in [0.3, 0.4) is 0 Å². The number of halogens is 1. The lowest BCUT2D eigenvalue weighted by molar-refractivity contribution is 0.0704. The Balaban J connectivity index is 1.51. The third-order valence-corrected chi connectivity index (χ3v) is 7.25. The van der Waals surface area contributed by atoms with Gasteiger partial charge in [-0.2, -0.15) is 0 Å². The maximum absolute atomic E-state index is 14.9. The van der Waals surface area contributed by atoms with Crippen LogP contribution in [0.5, 0.6) is 0 Å². The number of carbonyl (C=O) groups is 1. The van der Waals surface area contributed by atoms with Gasteiger partial charge in [0.05, 0.1) is 10.5 Å². The smallest absolute Gasteiger partial charge is 0.257 e. The molecule has 2 fully saturated rings. The SMILES string of the molecule is CS(=O)(=O)c1ccc(-c2ccc(C(=O)N3CCC[C@H]3CN3CCCC3)c(F)c2)cc1. The highest BCUT2D eigenvalue weighted by Crippen LogP contribution is 2.27. The van der Waals surface area contributed by atoms with E-state index in [4.69, 9.17) is 0 Å². The van der Waals surface area contributed by atoms with Gasteiger partial charge in [0.2, 0.25) is 0 Å². The van der Waals surface area contributed by atoms with Gasteiger partial charge in [0.25, 0.3) is 5.91 Å². The number of likely N-dealkylation sites (tertiary alicyclic amines) is 2. The fraction of sp³-hybridized carbons (Fsp3) is 0.435. The lowest BCUT2D eigenvalue weighted by atomic mass is 10.0. The van der Waals surface area contributed by atoms with Gasteiger partial charge >= 0.3 is 0 Å². The minimum atomic E-state index is -3.28. The van der Waals surface area contributed by atoms with Crippen molar-refractivity contribution in [1.29, 1.82) is 0 Å². The van der Waals surface area contributed by atoms with Crippen LogP contribution in [-0.2, 0) is 9.84 Å². The van der Waals surface area contributed by atoms with E-state index >= 15 is 0 Å². The Kier molecular flexibility index (Phi) is 5.93. The van der Waals surface area contributed by atoms with E-state index in [1.54, 1.807) is 24.3 Å². The topological polar surface area (TPSA) is 57.7 Å². The number of benzene rings is 2. The molecule has 0 spiro atoms. The average Bonchev–Trinajstić information content (AvgIpc) is 3.39. The first-order chi connectivity index (χ1) is 14.3. The molecule has 2 saturated heterocycles. The summed E-state index contributed by atoms with van der Waals surface area (Å²) < 4.78 is 38.1. The van der Waals surface area contributed by atoms with Crippen molar-refractivity contribution < 1.29 is 17.6 Å². The summed E-state index contributed by atoms with van der Waals surface area (Å²) >= 11 is 0. The normalized spacial score (nSPS) is 20.1. The predicted octanol–water partition coefficient (Wildman–Crippen LogP) is 3.60. The van der Waals surface area contributed by atoms with E-state index in [0.717, 1.165) is 38.7 Å². The number of nitrogens with zero attached hydrogens (tertiary/aromatic N) is 2. The summed E-state index contributed by atoms with van der Waals surface area (Å²) in [4.78, 5) is 17.5. The predicted molar refractivity (Wildman–Crippen MR) is 115 cm³/mol. The molecule has 160 valence electrons. The molecule has 0 bridgehead atoms. The van der Waals surface area contributed by atoms with E-state index in [1.807, 2.05) is 4.90 Å². The molecule has 0 saturated carbocycles. The van der Waals surface area contributed by atoms with Gasteiger partial charge in [-0.3, -0.25) is 4.79 Å². The van der Waals surface area contributed by atoms with Gasteiger partial charge in [0, 0.05) is 25.4 Å². The van der Waals surface area contributed by atoms with Crippen LogP contribution in [-0.4, -0.2) is 62.6 Å². The number of rotatable bonds is 5. The molecule has 4 rings (SSSR count). The zero-order valence-corrected chi connectivity index (χ0v) is 18.0. The van der Waals surface area contributed by atoms with Crippen molar-refractivity contribution in [1.82, 2.24) is 9.80 Å². The lowest BCUT2D eigenvalue weighted by Gasteiger charge is -2.28. The van der Waals surface area contributed by atoms with Crippen molar-refractivity contribution in [3.63, 3.8) is 0 Å². The molecule has 2 heterocycles. The van der Waals surface area contributed by atoms with Gasteiger partial charge in [0.15, 0.2) is 9.84 Å². The molecule has 0 N–H and O–H groups in total. The van der Waals surface area contributed by atoms with Gasteiger partial charge in [-0.05, 0) is 74.2 Å². The van der Waals surface area contributed by atoms with Gasteiger partial charge < -0.3 is 9.80 Å². The van der Waals surface area contributed by atoms with Crippen LogP contribution in [0, 0.1) is 5.82 Å². The Bertz CT molecular complexity index is 1030. The van der Waals surface area contributed by atoms with E-state index in [1.165, 1.54) is 31.0 Å². The maximum Gasteiger partial charge on any atom is 0.257 e. The first kappa shape index (κ1) is 21.0. The minimum Gasteiger partial charge on any atom is -0.334 e. The summed E-state index contributed by atoms with van der Waals surface area (Å²) in [5.74, 6) is -0.787. The van der Waals surface area contributed by atoms with E-state index in [0.29, 0.717) is 17.7 Å². The van der Waals surface area contributed by atoms with Gasteiger partial charge in [-0.1, -0.05) is 18.2 Å². The standard InChI is InChI=1S/C23H27FN2O3S/c1-30(28,29)20-9-6-17(7-10-20)18-8-11-21(22(24)15-18)23(27)26-14-4-5-19(26)16-25-12-2-3-13-25/h6-11,15,19H,2-5,12-14,16H2,1H3/t19-/m0/s1. The Morgan fingerprint density at radius 2 is 1.67 bits per heavy atom. The fourth-order valence-corrected chi connectivity index (χ4v) is 5.10. The highest BCUT2D eigenvalue weighted by atomic mass is 32.2. The Labute approximate surface area is 177 Å². The number of carbonyl (C=O) groups excluding carboxylic acids is 1. The lowest BCUT2D eigenvalue weighted by Crippen LogP contribution is -2.42. The van der Waals surface area contributed by atoms with Crippen LogP contribution in [0.25, 0.3) is 11.1 Å². The molecular weight excluding hydrogens is 403 g/mol. The third-order valence-electron chi connectivity index (χ3n) is 6.12. The molecule has 1 atom stereocenters. The molecular formula is C23H27FN2O3S. The Morgan fingerprint density at radius 1 is 1.00 bits per heavy atom. The molecule has 2 aliphatic heterocycles. The zero-order chi connectivity index (χ0) is 21.3. The van der Waals surface area contributed by atoms with Crippen molar-refractivity contribution in [2.24, 2.45) is 0 Å². The van der Waals surface area contributed by atoms with Gasteiger partial charge in [-0.25, -0.2) is 12.8 Å². The van der Waals surface area contributed by atoms with E-state index < -0.39 is 15.7 Å². The minimum absolute atomic E-state index is 0.0971. The monoisotopic (exact) mass is 430 g/mol. The van der Waals surface area contributed by atoms with Gasteiger partial charge in [0.1, 0.15) is 5.82 Å². The summed E-state index contributed by atoms with van der Waals surface area (Å²) in [6.45, 7) is 3.71. The van der Waals surface area contributed by atoms with E-state index in [-0.39, 0.29) is 22.4 Å². The molecule has 2 aromatic rings. The molecule has 30 heavy (non-hydrogen) atoms. The quantitative estimate of drug-likeness (QED) is 0.727.